The van der Waals surface area contributed by atoms with Gasteiger partial charge in [-0.3, -0.25) is 4.79 Å². The molecule has 0 radical (unpaired) electrons. The lowest BCUT2D eigenvalue weighted by Gasteiger charge is -2.09. The summed E-state index contributed by atoms with van der Waals surface area (Å²) < 4.78 is 7.58. The molecule has 8 heteroatoms. The van der Waals surface area contributed by atoms with Gasteiger partial charge in [-0.25, -0.2) is 15.1 Å². The Hall–Kier alpha value is -4.49. The molecule has 2 aromatic heterocycles. The molecule has 0 atom stereocenters. The van der Waals surface area contributed by atoms with E-state index >= 15 is 0 Å². The number of benzene rings is 3. The van der Waals surface area contributed by atoms with Crippen molar-refractivity contribution in [2.75, 3.05) is 6.61 Å². The van der Waals surface area contributed by atoms with Crippen LogP contribution in [0.4, 0.5) is 0 Å². The topological polar surface area (TPSA) is 81.4 Å². The normalized spacial score (nSPS) is 11.1. The molecule has 0 aliphatic carbocycles. The van der Waals surface area contributed by atoms with Gasteiger partial charge in [0.15, 0.2) is 6.61 Å². The Kier molecular flexibility index (Phi) is 6.50. The summed E-state index contributed by atoms with van der Waals surface area (Å²) >= 11 is 6.23. The molecule has 0 aliphatic heterocycles. The van der Waals surface area contributed by atoms with E-state index in [0.717, 1.165) is 27.7 Å². The van der Waals surface area contributed by atoms with Crippen LogP contribution in [0.3, 0.4) is 0 Å². The quantitative estimate of drug-likeness (QED) is 0.195. The third-order valence-electron chi connectivity index (χ3n) is 5.26. The van der Waals surface area contributed by atoms with E-state index in [2.05, 4.69) is 20.6 Å². The minimum absolute atomic E-state index is 0.203. The lowest BCUT2D eigenvalue weighted by atomic mass is 10.1. The van der Waals surface area contributed by atoms with Crippen LogP contribution in [0.25, 0.3) is 27.7 Å². The number of amides is 1. The first kappa shape index (κ1) is 22.3. The number of hydrazone groups is 1. The first-order valence-electron chi connectivity index (χ1n) is 10.9. The molecule has 0 bridgehead atoms. The fourth-order valence-corrected chi connectivity index (χ4v) is 3.76. The van der Waals surface area contributed by atoms with Crippen molar-refractivity contribution in [3.63, 3.8) is 0 Å². The number of nitrogens with one attached hydrogen (secondary N) is 1. The molecule has 0 unspecified atom stereocenters. The Morgan fingerprint density at radius 3 is 2.69 bits per heavy atom. The van der Waals surface area contributed by atoms with Crippen molar-refractivity contribution in [1.29, 1.82) is 0 Å². The number of carbonyl (C=O) groups excluding carboxylic acids is 1. The van der Waals surface area contributed by atoms with Crippen molar-refractivity contribution < 1.29 is 9.53 Å². The Bertz CT molecular complexity index is 1510. The predicted molar refractivity (Wildman–Crippen MR) is 137 cm³/mol. The number of rotatable bonds is 7. The number of carbonyl (C=O) groups is 1. The van der Waals surface area contributed by atoms with Gasteiger partial charge in [0.25, 0.3) is 5.91 Å². The van der Waals surface area contributed by atoms with E-state index in [0.29, 0.717) is 16.5 Å². The second-order valence-corrected chi connectivity index (χ2v) is 8.01. The number of aromatic nitrogens is 3. The maximum absolute atomic E-state index is 12.3. The average Bonchev–Trinajstić information content (AvgIpc) is 3.39. The monoisotopic (exact) mass is 481 g/mol. The molecule has 1 amide bonds. The van der Waals surface area contributed by atoms with E-state index < -0.39 is 5.91 Å². The number of pyridine rings is 1. The maximum atomic E-state index is 12.3. The largest absolute Gasteiger partial charge is 0.483 e. The molecule has 0 aliphatic rings. The number of hydrogen-bond donors (Lipinski definition) is 1. The van der Waals surface area contributed by atoms with Crippen LogP contribution in [0.15, 0.2) is 102 Å². The number of nitrogens with zero attached hydrogens (tertiary/aromatic N) is 4. The van der Waals surface area contributed by atoms with Gasteiger partial charge in [0.1, 0.15) is 10.9 Å². The number of halogens is 1. The van der Waals surface area contributed by atoms with Gasteiger partial charge >= 0.3 is 0 Å². The molecular formula is C27H20ClN5O2. The van der Waals surface area contributed by atoms with Gasteiger partial charge in [0.2, 0.25) is 0 Å². The molecule has 2 heterocycles. The maximum Gasteiger partial charge on any atom is 0.277 e. The van der Waals surface area contributed by atoms with Crippen LogP contribution >= 0.6 is 11.6 Å². The van der Waals surface area contributed by atoms with Crippen molar-refractivity contribution in [3.8, 4) is 22.6 Å². The molecule has 5 rings (SSSR count). The molecular weight excluding hydrogens is 462 g/mol. The number of fused-ring (bicyclic) bond motifs is 1. The fraction of sp³-hybridized carbons (Fsp3) is 0.0370. The van der Waals surface area contributed by atoms with Crippen molar-refractivity contribution in [3.05, 3.63) is 108 Å². The van der Waals surface area contributed by atoms with Crippen molar-refractivity contribution in [1.82, 2.24) is 20.2 Å². The van der Waals surface area contributed by atoms with E-state index in [4.69, 9.17) is 16.3 Å². The molecule has 1 N–H and O–H groups in total. The number of para-hydroxylation sites is 3. The highest BCUT2D eigenvalue weighted by atomic mass is 35.5. The molecule has 0 saturated heterocycles. The van der Waals surface area contributed by atoms with Gasteiger partial charge in [-0.15, -0.1) is 0 Å². The first-order valence-corrected chi connectivity index (χ1v) is 11.2. The smallest absolute Gasteiger partial charge is 0.277 e. The van der Waals surface area contributed by atoms with Crippen LogP contribution in [0.5, 0.6) is 5.75 Å². The summed E-state index contributed by atoms with van der Waals surface area (Å²) in [6, 6.07) is 26.8. The summed E-state index contributed by atoms with van der Waals surface area (Å²) in [5.41, 5.74) is 6.52. The average molecular weight is 482 g/mol. The minimum Gasteiger partial charge on any atom is -0.483 e. The molecule has 35 heavy (non-hydrogen) atoms. The predicted octanol–water partition coefficient (Wildman–Crippen LogP) is 5.27. The second-order valence-electron chi connectivity index (χ2n) is 7.65. The van der Waals surface area contributed by atoms with Crippen molar-refractivity contribution >= 4 is 34.6 Å². The standard InChI is InChI=1S/C27H20ClN5O2/c28-27-20(14-19-8-4-6-12-24(19)31-27)15-29-32-26(34)18-35-25-13-7-5-11-23(25)21-16-30-33(17-21)22-9-2-1-3-10-22/h1-17H,18H2,(H,32,34)/b29-15+. The van der Waals surface area contributed by atoms with Crippen LogP contribution in [0.1, 0.15) is 5.56 Å². The second kappa shape index (κ2) is 10.2. The Morgan fingerprint density at radius 1 is 1.03 bits per heavy atom. The summed E-state index contributed by atoms with van der Waals surface area (Å²) in [6.07, 6.45) is 5.15. The summed E-state index contributed by atoms with van der Waals surface area (Å²) in [6.45, 7) is -0.203. The van der Waals surface area contributed by atoms with E-state index in [1.165, 1.54) is 6.21 Å². The lowest BCUT2D eigenvalue weighted by Crippen LogP contribution is -2.24. The van der Waals surface area contributed by atoms with Gasteiger partial charge in [-0.1, -0.05) is 66.2 Å². The molecule has 7 nitrogen and oxygen atoms in total. The summed E-state index contributed by atoms with van der Waals surface area (Å²) in [7, 11) is 0. The Morgan fingerprint density at radius 2 is 1.80 bits per heavy atom. The summed E-state index contributed by atoms with van der Waals surface area (Å²) in [4.78, 5) is 16.7. The van der Waals surface area contributed by atoms with Gasteiger partial charge < -0.3 is 4.74 Å². The summed E-state index contributed by atoms with van der Waals surface area (Å²) in [5, 5.41) is 9.68. The molecule has 0 spiro atoms. The van der Waals surface area contributed by atoms with E-state index in [1.54, 1.807) is 10.9 Å². The van der Waals surface area contributed by atoms with Crippen LogP contribution in [0, 0.1) is 0 Å². The lowest BCUT2D eigenvalue weighted by molar-refractivity contribution is -0.123. The van der Waals surface area contributed by atoms with Gasteiger partial charge in [0.05, 0.1) is 23.6 Å². The highest BCUT2D eigenvalue weighted by Gasteiger charge is 2.11. The van der Waals surface area contributed by atoms with Crippen molar-refractivity contribution in [2.45, 2.75) is 0 Å². The van der Waals surface area contributed by atoms with E-state index in [-0.39, 0.29) is 6.61 Å². The van der Waals surface area contributed by atoms with Crippen LogP contribution in [-0.2, 0) is 4.79 Å². The van der Waals surface area contributed by atoms with E-state index in [9.17, 15) is 4.79 Å². The molecule has 5 aromatic rings. The van der Waals surface area contributed by atoms with Gasteiger partial charge in [-0.05, 0) is 30.3 Å². The Labute approximate surface area is 206 Å². The van der Waals surface area contributed by atoms with Crippen LogP contribution in [-0.4, -0.2) is 33.5 Å². The Balaban J connectivity index is 1.23. The summed E-state index contributed by atoms with van der Waals surface area (Å²) in [5.74, 6) is 0.168. The molecule has 0 saturated carbocycles. The zero-order valence-corrected chi connectivity index (χ0v) is 19.3. The zero-order chi connectivity index (χ0) is 24.0. The molecule has 0 fully saturated rings. The fourth-order valence-electron chi connectivity index (χ4n) is 3.56. The molecule has 3 aromatic carbocycles. The number of hydrogen-bond acceptors (Lipinski definition) is 5. The minimum atomic E-state index is -0.402. The van der Waals surface area contributed by atoms with Gasteiger partial charge in [0, 0.05) is 28.3 Å². The van der Waals surface area contributed by atoms with Crippen LogP contribution < -0.4 is 10.2 Å². The highest BCUT2D eigenvalue weighted by molar-refractivity contribution is 6.32. The third-order valence-corrected chi connectivity index (χ3v) is 5.56. The van der Waals surface area contributed by atoms with Crippen LogP contribution in [0.2, 0.25) is 5.15 Å². The van der Waals surface area contributed by atoms with Crippen molar-refractivity contribution in [2.24, 2.45) is 5.10 Å². The first-order chi connectivity index (χ1) is 17.2. The SMILES string of the molecule is O=C(COc1ccccc1-c1cnn(-c2ccccc2)c1)N/N=C/c1cc2ccccc2nc1Cl. The van der Waals surface area contributed by atoms with E-state index in [1.807, 2.05) is 91.1 Å². The zero-order valence-electron chi connectivity index (χ0n) is 18.5. The third kappa shape index (κ3) is 5.20. The highest BCUT2D eigenvalue weighted by Crippen LogP contribution is 2.30. The van der Waals surface area contributed by atoms with Gasteiger partial charge in [-0.2, -0.15) is 10.2 Å². The molecule has 172 valence electrons. The number of ether oxygens (including phenoxy) is 1.